The Bertz CT molecular complexity index is 745. The second-order valence-electron chi connectivity index (χ2n) is 7.33. The monoisotopic (exact) mass is 359 g/mol. The third kappa shape index (κ3) is 4.84. The summed E-state index contributed by atoms with van der Waals surface area (Å²) in [6.45, 7) is 6.49. The Kier molecular flexibility index (Phi) is 5.47. The van der Waals surface area contributed by atoms with E-state index in [4.69, 9.17) is 4.74 Å². The van der Waals surface area contributed by atoms with Crippen LogP contribution in [0.4, 0.5) is 4.79 Å². The molecule has 1 amide bonds. The first-order chi connectivity index (χ1) is 11.9. The van der Waals surface area contributed by atoms with Gasteiger partial charge in [0.05, 0.1) is 17.2 Å². The lowest BCUT2D eigenvalue weighted by atomic mass is 10.0. The number of carbonyl (C=O) groups is 1. The minimum absolute atomic E-state index is 0.182. The predicted octanol–water partition coefficient (Wildman–Crippen LogP) is 4.51. The first-order valence-electron chi connectivity index (χ1n) is 8.76. The third-order valence-corrected chi connectivity index (χ3v) is 5.15. The number of benzene rings is 1. The van der Waals surface area contributed by atoms with Gasteiger partial charge in [0.15, 0.2) is 0 Å². The lowest BCUT2D eigenvalue weighted by molar-refractivity contribution is 0.0126. The van der Waals surface area contributed by atoms with E-state index in [1.807, 2.05) is 56.1 Å². The lowest BCUT2D eigenvalue weighted by Crippen LogP contribution is -2.47. The highest BCUT2D eigenvalue weighted by Crippen LogP contribution is 2.26. The van der Waals surface area contributed by atoms with Crippen molar-refractivity contribution in [3.63, 3.8) is 0 Å². The SMILES string of the molecule is CC(C)(C)OC(=O)N1CCCCC1CSc1cnc2ccccc2n1. The van der Waals surface area contributed by atoms with Gasteiger partial charge in [-0.05, 0) is 52.2 Å². The van der Waals surface area contributed by atoms with Gasteiger partial charge in [-0.3, -0.25) is 4.98 Å². The van der Waals surface area contributed by atoms with Crippen LogP contribution in [0.3, 0.4) is 0 Å². The normalized spacial score (nSPS) is 18.4. The number of carbonyl (C=O) groups excluding carboxylic acids is 1. The molecule has 1 aromatic heterocycles. The minimum Gasteiger partial charge on any atom is -0.444 e. The molecule has 1 fully saturated rings. The van der Waals surface area contributed by atoms with Gasteiger partial charge in [-0.2, -0.15) is 0 Å². The number of thioether (sulfide) groups is 1. The van der Waals surface area contributed by atoms with Crippen molar-refractivity contribution >= 4 is 28.9 Å². The molecule has 0 bridgehead atoms. The standard InChI is InChI=1S/C19H25N3O2S/c1-19(2,3)24-18(23)22-11-7-6-8-14(22)13-25-17-12-20-15-9-4-5-10-16(15)21-17/h4-5,9-10,12,14H,6-8,11,13H2,1-3H3. The molecule has 1 aliphatic heterocycles. The molecule has 1 unspecified atom stereocenters. The Morgan fingerprint density at radius 3 is 2.80 bits per heavy atom. The van der Waals surface area contributed by atoms with E-state index < -0.39 is 5.60 Å². The molecular weight excluding hydrogens is 334 g/mol. The maximum atomic E-state index is 12.5. The highest BCUT2D eigenvalue weighted by atomic mass is 32.2. The van der Waals surface area contributed by atoms with Crippen LogP contribution in [-0.2, 0) is 4.74 Å². The summed E-state index contributed by atoms with van der Waals surface area (Å²) < 4.78 is 5.57. The molecule has 0 aliphatic carbocycles. The van der Waals surface area contributed by atoms with E-state index >= 15 is 0 Å². The van der Waals surface area contributed by atoms with Crippen LogP contribution < -0.4 is 0 Å². The Morgan fingerprint density at radius 2 is 2.04 bits per heavy atom. The van der Waals surface area contributed by atoms with E-state index in [-0.39, 0.29) is 12.1 Å². The van der Waals surface area contributed by atoms with Gasteiger partial charge in [0.25, 0.3) is 0 Å². The van der Waals surface area contributed by atoms with Gasteiger partial charge in [-0.1, -0.05) is 12.1 Å². The van der Waals surface area contributed by atoms with Crippen LogP contribution in [0.25, 0.3) is 11.0 Å². The number of aromatic nitrogens is 2. The van der Waals surface area contributed by atoms with Crippen molar-refractivity contribution in [2.45, 2.75) is 56.7 Å². The summed E-state index contributed by atoms with van der Waals surface area (Å²) in [5.41, 5.74) is 1.34. The highest BCUT2D eigenvalue weighted by Gasteiger charge is 2.30. The van der Waals surface area contributed by atoms with Crippen molar-refractivity contribution in [3.05, 3.63) is 30.5 Å². The minimum atomic E-state index is -0.462. The molecule has 1 saturated heterocycles. The molecule has 0 saturated carbocycles. The quantitative estimate of drug-likeness (QED) is 0.755. The lowest BCUT2D eigenvalue weighted by Gasteiger charge is -2.36. The first-order valence-corrected chi connectivity index (χ1v) is 9.75. The average molecular weight is 359 g/mol. The summed E-state index contributed by atoms with van der Waals surface area (Å²) in [6, 6.07) is 8.05. The van der Waals surface area contributed by atoms with E-state index in [0.717, 1.165) is 47.6 Å². The van der Waals surface area contributed by atoms with E-state index in [9.17, 15) is 4.79 Å². The molecule has 0 radical (unpaired) electrons. The van der Waals surface area contributed by atoms with Crippen molar-refractivity contribution in [1.82, 2.24) is 14.9 Å². The van der Waals surface area contributed by atoms with Crippen molar-refractivity contribution in [3.8, 4) is 0 Å². The van der Waals surface area contributed by atoms with Crippen LogP contribution in [0.1, 0.15) is 40.0 Å². The number of amides is 1. The van der Waals surface area contributed by atoms with E-state index in [1.165, 1.54) is 0 Å². The van der Waals surface area contributed by atoms with Gasteiger partial charge in [-0.15, -0.1) is 11.8 Å². The molecule has 3 rings (SSSR count). The molecular formula is C19H25N3O2S. The van der Waals surface area contributed by atoms with Crippen molar-refractivity contribution in [2.75, 3.05) is 12.3 Å². The molecule has 25 heavy (non-hydrogen) atoms. The van der Waals surface area contributed by atoms with Gasteiger partial charge < -0.3 is 9.64 Å². The molecule has 5 nitrogen and oxygen atoms in total. The molecule has 134 valence electrons. The highest BCUT2D eigenvalue weighted by molar-refractivity contribution is 7.99. The molecule has 1 aliphatic rings. The van der Waals surface area contributed by atoms with Crippen LogP contribution in [0.2, 0.25) is 0 Å². The number of likely N-dealkylation sites (tertiary alicyclic amines) is 1. The van der Waals surface area contributed by atoms with E-state index in [2.05, 4.69) is 9.97 Å². The Balaban J connectivity index is 1.65. The van der Waals surface area contributed by atoms with E-state index in [1.54, 1.807) is 11.8 Å². The third-order valence-electron chi connectivity index (χ3n) is 4.11. The summed E-state index contributed by atoms with van der Waals surface area (Å²) in [6.07, 6.45) is 4.80. The van der Waals surface area contributed by atoms with Gasteiger partial charge in [-0.25, -0.2) is 9.78 Å². The Labute approximate surface area is 153 Å². The number of nitrogens with zero attached hydrogens (tertiary/aromatic N) is 3. The number of para-hydroxylation sites is 2. The Hall–Kier alpha value is -1.82. The summed E-state index contributed by atoms with van der Waals surface area (Å²) in [5.74, 6) is 0.812. The van der Waals surface area contributed by atoms with Gasteiger partial charge in [0.1, 0.15) is 10.6 Å². The smallest absolute Gasteiger partial charge is 0.410 e. The van der Waals surface area contributed by atoms with Crippen LogP contribution in [0.5, 0.6) is 0 Å². The van der Waals surface area contributed by atoms with Crippen LogP contribution >= 0.6 is 11.8 Å². The predicted molar refractivity (Wildman–Crippen MR) is 101 cm³/mol. The molecule has 1 atom stereocenters. The zero-order valence-corrected chi connectivity index (χ0v) is 15.9. The van der Waals surface area contributed by atoms with Crippen LogP contribution in [0.15, 0.2) is 35.5 Å². The molecule has 2 aromatic rings. The maximum absolute atomic E-state index is 12.5. The number of ether oxygens (including phenoxy) is 1. The summed E-state index contributed by atoms with van der Waals surface area (Å²) in [5, 5.41) is 0.897. The molecule has 2 heterocycles. The average Bonchev–Trinajstić information content (AvgIpc) is 2.58. The second-order valence-corrected chi connectivity index (χ2v) is 8.37. The fourth-order valence-electron chi connectivity index (χ4n) is 2.93. The number of hydrogen-bond donors (Lipinski definition) is 0. The first kappa shape index (κ1) is 18.0. The maximum Gasteiger partial charge on any atom is 0.410 e. The molecule has 6 heteroatoms. The number of rotatable bonds is 3. The number of hydrogen-bond acceptors (Lipinski definition) is 5. The second kappa shape index (κ2) is 7.60. The number of piperidine rings is 1. The zero-order valence-electron chi connectivity index (χ0n) is 15.1. The Morgan fingerprint density at radius 1 is 1.28 bits per heavy atom. The number of fused-ring (bicyclic) bond motifs is 1. The molecule has 0 N–H and O–H groups in total. The van der Waals surface area contributed by atoms with Gasteiger partial charge in [0, 0.05) is 18.3 Å². The fourth-order valence-corrected chi connectivity index (χ4v) is 3.93. The van der Waals surface area contributed by atoms with Crippen molar-refractivity contribution < 1.29 is 9.53 Å². The molecule has 1 aromatic carbocycles. The fraction of sp³-hybridized carbons (Fsp3) is 0.526. The largest absolute Gasteiger partial charge is 0.444 e. The molecule has 0 spiro atoms. The summed E-state index contributed by atoms with van der Waals surface area (Å²) in [4.78, 5) is 23.5. The van der Waals surface area contributed by atoms with E-state index in [0.29, 0.717) is 0 Å². The van der Waals surface area contributed by atoms with Crippen molar-refractivity contribution in [2.24, 2.45) is 0 Å². The topological polar surface area (TPSA) is 55.3 Å². The summed E-state index contributed by atoms with van der Waals surface area (Å²) in [7, 11) is 0. The van der Waals surface area contributed by atoms with Crippen LogP contribution in [-0.4, -0.2) is 44.9 Å². The summed E-state index contributed by atoms with van der Waals surface area (Å²) >= 11 is 1.66. The van der Waals surface area contributed by atoms with Gasteiger partial charge in [0.2, 0.25) is 0 Å². The van der Waals surface area contributed by atoms with Gasteiger partial charge >= 0.3 is 6.09 Å². The van der Waals surface area contributed by atoms with Crippen molar-refractivity contribution in [1.29, 1.82) is 0 Å². The zero-order chi connectivity index (χ0) is 17.9. The van der Waals surface area contributed by atoms with Crippen LogP contribution in [0, 0.1) is 0 Å².